The molecular weight excluding hydrogens is 362 g/mol. The van der Waals surface area contributed by atoms with Gasteiger partial charge in [0.15, 0.2) is 0 Å². The summed E-state index contributed by atoms with van der Waals surface area (Å²) in [6.07, 6.45) is 1.65. The summed E-state index contributed by atoms with van der Waals surface area (Å²) >= 11 is 0. The van der Waals surface area contributed by atoms with Crippen molar-refractivity contribution in [3.63, 3.8) is 0 Å². The van der Waals surface area contributed by atoms with Gasteiger partial charge >= 0.3 is 6.03 Å². The molecule has 2 aromatic carbocycles. The second kappa shape index (κ2) is 8.35. The van der Waals surface area contributed by atoms with Crippen LogP contribution in [0.2, 0.25) is 0 Å². The van der Waals surface area contributed by atoms with Crippen molar-refractivity contribution in [3.05, 3.63) is 78.0 Å². The number of carbonyl (C=O) groups excluding carboxylic acids is 1. The van der Waals surface area contributed by atoms with E-state index in [-0.39, 0.29) is 11.4 Å². The Bertz CT molecular complexity index is 992. The van der Waals surface area contributed by atoms with Crippen molar-refractivity contribution in [2.75, 3.05) is 17.3 Å². The van der Waals surface area contributed by atoms with Crippen LogP contribution in [0.5, 0.6) is 11.6 Å². The molecule has 29 heavy (non-hydrogen) atoms. The molecular formula is C24H27N3O2. The van der Waals surface area contributed by atoms with E-state index in [9.17, 15) is 4.79 Å². The second-order valence-corrected chi connectivity index (χ2v) is 8.03. The average Bonchev–Trinajstić information content (AvgIpc) is 2.69. The maximum Gasteiger partial charge on any atom is 0.326 e. The summed E-state index contributed by atoms with van der Waals surface area (Å²) in [5, 5.41) is 2.90. The van der Waals surface area contributed by atoms with E-state index in [2.05, 4.69) is 31.1 Å². The number of carbonyl (C=O) groups is 1. The van der Waals surface area contributed by atoms with Crippen LogP contribution >= 0.6 is 0 Å². The topological polar surface area (TPSA) is 54.5 Å². The highest BCUT2D eigenvalue weighted by Gasteiger charge is 2.20. The van der Waals surface area contributed by atoms with E-state index >= 15 is 0 Å². The van der Waals surface area contributed by atoms with Crippen molar-refractivity contribution >= 4 is 17.4 Å². The summed E-state index contributed by atoms with van der Waals surface area (Å²) in [5.74, 6) is 1.08. The Morgan fingerprint density at radius 2 is 1.69 bits per heavy atom. The minimum atomic E-state index is -0.268. The van der Waals surface area contributed by atoms with E-state index in [4.69, 9.17) is 4.74 Å². The Hall–Kier alpha value is -3.34. The monoisotopic (exact) mass is 389 g/mol. The third-order valence-corrected chi connectivity index (χ3v) is 4.64. The lowest BCUT2D eigenvalue weighted by Gasteiger charge is -2.23. The molecule has 1 heterocycles. The summed E-state index contributed by atoms with van der Waals surface area (Å²) in [6.45, 7) is 8.41. The zero-order valence-electron chi connectivity index (χ0n) is 17.6. The molecule has 3 aromatic rings. The molecule has 0 atom stereocenters. The van der Waals surface area contributed by atoms with E-state index in [1.165, 1.54) is 0 Å². The second-order valence-electron chi connectivity index (χ2n) is 8.03. The minimum absolute atomic E-state index is 0.0829. The predicted octanol–water partition coefficient (Wildman–Crippen LogP) is 6.15. The number of hydrogen-bond donors (Lipinski definition) is 1. The smallest absolute Gasteiger partial charge is 0.326 e. The number of rotatable bonds is 4. The summed E-state index contributed by atoms with van der Waals surface area (Å²) in [5.41, 5.74) is 3.45. The number of aromatic nitrogens is 1. The number of benzene rings is 2. The number of aryl methyl sites for hydroxylation is 1. The van der Waals surface area contributed by atoms with Crippen LogP contribution in [0.25, 0.3) is 0 Å². The van der Waals surface area contributed by atoms with Gasteiger partial charge in [-0.2, -0.15) is 0 Å². The summed E-state index contributed by atoms with van der Waals surface area (Å²) in [4.78, 5) is 18.7. The third-order valence-electron chi connectivity index (χ3n) is 4.64. The highest BCUT2D eigenvalue weighted by atomic mass is 16.5. The first kappa shape index (κ1) is 20.4. The number of ether oxygens (including phenoxy) is 1. The quantitative estimate of drug-likeness (QED) is 0.582. The van der Waals surface area contributed by atoms with Gasteiger partial charge in [0.05, 0.1) is 0 Å². The SMILES string of the molecule is Cc1ccc(N(C)C(=O)Nc2cccnc2Oc2ccccc2C(C)(C)C)cc1. The maximum atomic E-state index is 12.8. The van der Waals surface area contributed by atoms with Crippen LogP contribution in [0.3, 0.4) is 0 Å². The minimum Gasteiger partial charge on any atom is -0.437 e. The fraction of sp³-hybridized carbons (Fsp3) is 0.250. The lowest BCUT2D eigenvalue weighted by molar-refractivity contribution is 0.258. The lowest BCUT2D eigenvalue weighted by atomic mass is 9.86. The summed E-state index contributed by atoms with van der Waals surface area (Å²) in [7, 11) is 1.73. The van der Waals surface area contributed by atoms with E-state index in [1.807, 2.05) is 55.5 Å². The number of anilines is 2. The van der Waals surface area contributed by atoms with E-state index in [0.717, 1.165) is 22.6 Å². The molecule has 0 saturated carbocycles. The molecule has 0 fully saturated rings. The van der Waals surface area contributed by atoms with Crippen LogP contribution in [0.15, 0.2) is 66.9 Å². The number of hydrogen-bond acceptors (Lipinski definition) is 3. The first-order chi connectivity index (χ1) is 13.8. The molecule has 0 aliphatic carbocycles. The fourth-order valence-corrected chi connectivity index (χ4v) is 2.93. The molecule has 0 aliphatic rings. The Morgan fingerprint density at radius 3 is 2.38 bits per heavy atom. The van der Waals surface area contributed by atoms with Gasteiger partial charge in [-0.25, -0.2) is 9.78 Å². The molecule has 2 amide bonds. The molecule has 150 valence electrons. The van der Waals surface area contributed by atoms with E-state index in [0.29, 0.717) is 11.6 Å². The molecule has 1 aromatic heterocycles. The van der Waals surface area contributed by atoms with Crippen molar-refractivity contribution in [1.82, 2.24) is 4.98 Å². The Morgan fingerprint density at radius 1 is 1.00 bits per heavy atom. The van der Waals surface area contributed by atoms with Gasteiger partial charge in [-0.3, -0.25) is 4.90 Å². The van der Waals surface area contributed by atoms with Crippen LogP contribution < -0.4 is 15.0 Å². The van der Waals surface area contributed by atoms with Gasteiger partial charge in [0.25, 0.3) is 0 Å². The first-order valence-corrected chi connectivity index (χ1v) is 9.59. The van der Waals surface area contributed by atoms with Gasteiger partial charge in [-0.05, 0) is 42.7 Å². The molecule has 5 nitrogen and oxygen atoms in total. The Kier molecular flexibility index (Phi) is 5.87. The number of amides is 2. The van der Waals surface area contributed by atoms with Crippen LogP contribution in [0.4, 0.5) is 16.2 Å². The van der Waals surface area contributed by atoms with E-state index in [1.54, 1.807) is 30.3 Å². The zero-order valence-corrected chi connectivity index (χ0v) is 17.6. The molecule has 0 radical (unpaired) electrons. The summed E-state index contributed by atoms with van der Waals surface area (Å²) in [6, 6.07) is 18.9. The number of pyridine rings is 1. The fourth-order valence-electron chi connectivity index (χ4n) is 2.93. The molecule has 0 aliphatic heterocycles. The molecule has 5 heteroatoms. The molecule has 1 N–H and O–H groups in total. The largest absolute Gasteiger partial charge is 0.437 e. The Balaban J connectivity index is 1.83. The zero-order chi connectivity index (χ0) is 21.0. The van der Waals surface area contributed by atoms with Gasteiger partial charge < -0.3 is 10.1 Å². The standard InChI is InChI=1S/C24H27N3O2/c1-17-12-14-18(15-13-17)27(5)23(28)26-20-10-8-16-25-22(20)29-21-11-7-6-9-19(21)24(2,3)4/h6-16H,1-5H3,(H,26,28). The van der Waals surface area contributed by atoms with Crippen molar-refractivity contribution in [1.29, 1.82) is 0 Å². The molecule has 0 saturated heterocycles. The van der Waals surface area contributed by atoms with Crippen molar-refractivity contribution in [3.8, 4) is 11.6 Å². The van der Waals surface area contributed by atoms with Crippen LogP contribution in [0.1, 0.15) is 31.9 Å². The number of urea groups is 1. The van der Waals surface area contributed by atoms with Crippen LogP contribution in [-0.4, -0.2) is 18.1 Å². The van der Waals surface area contributed by atoms with Gasteiger partial charge in [0.2, 0.25) is 5.88 Å². The van der Waals surface area contributed by atoms with Crippen molar-refractivity contribution in [2.24, 2.45) is 0 Å². The molecule has 0 unspecified atom stereocenters. The highest BCUT2D eigenvalue weighted by Crippen LogP contribution is 2.35. The molecule has 3 rings (SSSR count). The molecule has 0 spiro atoms. The number of nitrogens with zero attached hydrogens (tertiary/aromatic N) is 2. The maximum absolute atomic E-state index is 12.8. The van der Waals surface area contributed by atoms with Crippen LogP contribution in [-0.2, 0) is 5.41 Å². The van der Waals surface area contributed by atoms with Crippen molar-refractivity contribution in [2.45, 2.75) is 33.1 Å². The average molecular weight is 389 g/mol. The lowest BCUT2D eigenvalue weighted by Crippen LogP contribution is -2.31. The van der Waals surface area contributed by atoms with Gasteiger partial charge in [-0.1, -0.05) is 56.7 Å². The van der Waals surface area contributed by atoms with Gasteiger partial charge in [0, 0.05) is 24.5 Å². The van der Waals surface area contributed by atoms with Gasteiger partial charge in [0.1, 0.15) is 11.4 Å². The van der Waals surface area contributed by atoms with E-state index < -0.39 is 0 Å². The van der Waals surface area contributed by atoms with Gasteiger partial charge in [-0.15, -0.1) is 0 Å². The normalized spacial score (nSPS) is 11.1. The molecule has 0 bridgehead atoms. The Labute approximate surface area is 172 Å². The third kappa shape index (κ3) is 4.93. The van der Waals surface area contributed by atoms with Crippen molar-refractivity contribution < 1.29 is 9.53 Å². The predicted molar refractivity (Wildman–Crippen MR) is 118 cm³/mol. The highest BCUT2D eigenvalue weighted by molar-refractivity contribution is 6.02. The number of para-hydroxylation sites is 1. The first-order valence-electron chi connectivity index (χ1n) is 9.59. The number of nitrogens with one attached hydrogen (secondary N) is 1. The van der Waals surface area contributed by atoms with Crippen LogP contribution in [0, 0.1) is 6.92 Å². The summed E-state index contributed by atoms with van der Waals surface area (Å²) < 4.78 is 6.12.